The molecule has 0 saturated heterocycles. The van der Waals surface area contributed by atoms with Gasteiger partial charge in [-0.1, -0.05) is 20.8 Å². The van der Waals surface area contributed by atoms with Crippen molar-refractivity contribution in [2.24, 2.45) is 0 Å². The fourth-order valence-electron chi connectivity index (χ4n) is 2.00. The van der Waals surface area contributed by atoms with E-state index in [0.29, 0.717) is 12.1 Å². The van der Waals surface area contributed by atoms with Gasteiger partial charge in [-0.15, -0.1) is 0 Å². The zero-order valence-electron chi connectivity index (χ0n) is 15.3. The summed E-state index contributed by atoms with van der Waals surface area (Å²) in [7, 11) is -4.22. The fraction of sp³-hybridized carbons (Fsp3) is 0.471. The number of benzene rings is 1. The van der Waals surface area contributed by atoms with Gasteiger partial charge >= 0.3 is 8.80 Å². The highest BCUT2D eigenvalue weighted by Gasteiger charge is 2.52. The number of carbonyl (C=O) groups excluding carboxylic acids is 3. The normalized spacial score (nSPS) is 11.0. The maximum absolute atomic E-state index is 13.9. The summed E-state index contributed by atoms with van der Waals surface area (Å²) >= 11 is 0. The van der Waals surface area contributed by atoms with Gasteiger partial charge in [0.25, 0.3) is 17.9 Å². The predicted molar refractivity (Wildman–Crippen MR) is 89.7 cm³/mol. The van der Waals surface area contributed by atoms with Crippen LogP contribution in [0.5, 0.6) is 0 Å². The van der Waals surface area contributed by atoms with Crippen LogP contribution in [0.4, 0.5) is 13.2 Å². The van der Waals surface area contributed by atoms with Crippen molar-refractivity contribution < 1.29 is 40.8 Å². The maximum Gasteiger partial charge on any atom is 0.705 e. The summed E-state index contributed by atoms with van der Waals surface area (Å²) in [4.78, 5) is 35.4. The standard InChI is InChI=1S/C17H21F3O6Si/c1-4-15(21)24-27(25-16(22)5-2,26-17(23)6-3)8-7-11-9-13(19)14(20)10-12(11)18/h9-10H,4-8H2,1-3H3. The molecule has 0 aliphatic carbocycles. The molecule has 6 nitrogen and oxygen atoms in total. The van der Waals surface area contributed by atoms with E-state index in [1.807, 2.05) is 0 Å². The van der Waals surface area contributed by atoms with Crippen LogP contribution in [0, 0.1) is 17.5 Å². The van der Waals surface area contributed by atoms with Gasteiger partial charge in [0.15, 0.2) is 11.6 Å². The third kappa shape index (κ3) is 6.70. The van der Waals surface area contributed by atoms with Gasteiger partial charge in [0.2, 0.25) is 0 Å². The molecule has 0 heterocycles. The molecule has 27 heavy (non-hydrogen) atoms. The second-order valence-corrected chi connectivity index (χ2v) is 8.00. The lowest BCUT2D eigenvalue weighted by Crippen LogP contribution is -2.50. The van der Waals surface area contributed by atoms with E-state index in [4.69, 9.17) is 13.3 Å². The van der Waals surface area contributed by atoms with E-state index < -0.39 is 44.2 Å². The van der Waals surface area contributed by atoms with Crippen molar-refractivity contribution in [2.75, 3.05) is 0 Å². The first-order valence-corrected chi connectivity index (χ1v) is 10.4. The van der Waals surface area contributed by atoms with Gasteiger partial charge in [0.1, 0.15) is 5.82 Å². The van der Waals surface area contributed by atoms with E-state index in [-0.39, 0.29) is 37.3 Å². The molecule has 0 amide bonds. The first-order valence-electron chi connectivity index (χ1n) is 8.45. The number of halogens is 3. The fourth-order valence-corrected chi connectivity index (χ4v) is 4.48. The minimum Gasteiger partial charge on any atom is -0.455 e. The smallest absolute Gasteiger partial charge is 0.455 e. The molecule has 0 aromatic heterocycles. The SMILES string of the molecule is CCC(=O)O[Si](CCc1cc(F)c(F)cc1F)(OC(=O)CC)OC(=O)CC. The maximum atomic E-state index is 13.9. The number of aryl methyl sites for hydroxylation is 1. The monoisotopic (exact) mass is 406 g/mol. The lowest BCUT2D eigenvalue weighted by molar-refractivity contribution is -0.150. The van der Waals surface area contributed by atoms with Crippen molar-refractivity contribution in [2.45, 2.75) is 52.5 Å². The molecule has 0 fully saturated rings. The molecule has 150 valence electrons. The van der Waals surface area contributed by atoms with Crippen LogP contribution in [0.1, 0.15) is 45.6 Å². The molecular formula is C17H21F3O6Si. The number of hydrogen-bond donors (Lipinski definition) is 0. The zero-order chi connectivity index (χ0) is 20.6. The average Bonchev–Trinajstić information content (AvgIpc) is 2.63. The molecule has 0 bridgehead atoms. The Morgan fingerprint density at radius 1 is 0.778 bits per heavy atom. The third-order valence-electron chi connectivity index (χ3n) is 3.46. The van der Waals surface area contributed by atoms with Crippen LogP contribution in [-0.2, 0) is 34.1 Å². The first-order chi connectivity index (χ1) is 12.7. The van der Waals surface area contributed by atoms with E-state index in [0.717, 1.165) is 0 Å². The molecular weight excluding hydrogens is 385 g/mol. The van der Waals surface area contributed by atoms with Crippen molar-refractivity contribution in [3.05, 3.63) is 35.1 Å². The largest absolute Gasteiger partial charge is 0.705 e. The summed E-state index contributed by atoms with van der Waals surface area (Å²) in [6.07, 6.45) is -0.550. The summed E-state index contributed by atoms with van der Waals surface area (Å²) < 4.78 is 55.9. The van der Waals surface area contributed by atoms with Gasteiger partial charge in [0.05, 0.1) is 6.04 Å². The highest BCUT2D eigenvalue weighted by molar-refractivity contribution is 6.65. The summed E-state index contributed by atoms with van der Waals surface area (Å²) in [5.41, 5.74) is -0.238. The summed E-state index contributed by atoms with van der Waals surface area (Å²) in [6.45, 7) is 4.46. The minimum atomic E-state index is -4.22. The molecule has 1 aromatic rings. The average molecular weight is 406 g/mol. The Bertz CT molecular complexity index is 665. The molecule has 0 spiro atoms. The van der Waals surface area contributed by atoms with Crippen molar-refractivity contribution in [1.29, 1.82) is 0 Å². The number of hydrogen-bond acceptors (Lipinski definition) is 6. The molecule has 10 heteroatoms. The van der Waals surface area contributed by atoms with Crippen molar-refractivity contribution in [3.8, 4) is 0 Å². The van der Waals surface area contributed by atoms with Crippen LogP contribution in [0.3, 0.4) is 0 Å². The Kier molecular flexibility index (Phi) is 8.48. The van der Waals surface area contributed by atoms with E-state index >= 15 is 0 Å². The zero-order valence-corrected chi connectivity index (χ0v) is 16.3. The first kappa shape index (κ1) is 22.7. The Hall–Kier alpha value is -2.36. The van der Waals surface area contributed by atoms with Crippen LogP contribution in [-0.4, -0.2) is 26.7 Å². The Morgan fingerprint density at radius 3 is 1.59 bits per heavy atom. The van der Waals surface area contributed by atoms with Crippen LogP contribution in [0.25, 0.3) is 0 Å². The molecule has 0 saturated carbocycles. The van der Waals surface area contributed by atoms with Gasteiger partial charge in [-0.2, -0.15) is 0 Å². The van der Waals surface area contributed by atoms with E-state index in [2.05, 4.69) is 0 Å². The van der Waals surface area contributed by atoms with Crippen molar-refractivity contribution >= 4 is 26.7 Å². The molecule has 1 aromatic carbocycles. The Labute approximate surface area is 156 Å². The Morgan fingerprint density at radius 2 is 1.19 bits per heavy atom. The van der Waals surface area contributed by atoms with Crippen LogP contribution in [0.15, 0.2) is 12.1 Å². The van der Waals surface area contributed by atoms with Crippen LogP contribution < -0.4 is 0 Å². The van der Waals surface area contributed by atoms with E-state index in [1.165, 1.54) is 20.8 Å². The van der Waals surface area contributed by atoms with E-state index in [1.54, 1.807) is 0 Å². The second-order valence-electron chi connectivity index (χ2n) is 5.52. The highest BCUT2D eigenvalue weighted by atomic mass is 28.4. The number of carbonyl (C=O) groups is 3. The third-order valence-corrected chi connectivity index (χ3v) is 5.94. The van der Waals surface area contributed by atoms with Crippen LogP contribution in [0.2, 0.25) is 6.04 Å². The summed E-state index contributed by atoms with van der Waals surface area (Å²) in [5, 5.41) is 0. The second kappa shape index (κ2) is 10.1. The lowest BCUT2D eigenvalue weighted by atomic mass is 10.1. The molecule has 0 unspecified atom stereocenters. The van der Waals surface area contributed by atoms with Gasteiger partial charge < -0.3 is 13.3 Å². The van der Waals surface area contributed by atoms with Crippen molar-refractivity contribution in [3.63, 3.8) is 0 Å². The minimum absolute atomic E-state index is 0.0817. The summed E-state index contributed by atoms with van der Waals surface area (Å²) in [6, 6.07) is 0.662. The highest BCUT2D eigenvalue weighted by Crippen LogP contribution is 2.24. The predicted octanol–water partition coefficient (Wildman–Crippen LogP) is 3.44. The Balaban J connectivity index is 3.19. The number of rotatable bonds is 9. The molecule has 0 aliphatic heterocycles. The summed E-state index contributed by atoms with van der Waals surface area (Å²) in [5.74, 6) is -5.98. The quantitative estimate of drug-likeness (QED) is 0.462. The van der Waals surface area contributed by atoms with Gasteiger partial charge in [0, 0.05) is 25.3 Å². The lowest BCUT2D eigenvalue weighted by Gasteiger charge is -2.27. The molecule has 0 radical (unpaired) electrons. The molecule has 1 rings (SSSR count). The van der Waals surface area contributed by atoms with Gasteiger partial charge in [-0.3, -0.25) is 14.4 Å². The van der Waals surface area contributed by atoms with Crippen molar-refractivity contribution in [1.82, 2.24) is 0 Å². The molecule has 0 atom stereocenters. The van der Waals surface area contributed by atoms with E-state index in [9.17, 15) is 27.6 Å². The van der Waals surface area contributed by atoms with Gasteiger partial charge in [-0.25, -0.2) is 13.2 Å². The topological polar surface area (TPSA) is 78.9 Å². The molecule has 0 N–H and O–H groups in total. The molecule has 0 aliphatic rings. The van der Waals surface area contributed by atoms with Crippen LogP contribution >= 0.6 is 0 Å². The van der Waals surface area contributed by atoms with Gasteiger partial charge in [-0.05, 0) is 18.1 Å².